The smallest absolute Gasteiger partial charge is 0.213 e. The third-order valence-electron chi connectivity index (χ3n) is 2.52. The maximum absolute atomic E-state index is 11.3. The maximum Gasteiger partial charge on any atom is 0.213 e. The molecule has 6 nitrogen and oxygen atoms in total. The van der Waals surface area contributed by atoms with Crippen LogP contribution < -0.4 is 10.0 Å². The summed E-state index contributed by atoms with van der Waals surface area (Å²) in [4.78, 5) is 8.25. The van der Waals surface area contributed by atoms with E-state index >= 15 is 0 Å². The van der Waals surface area contributed by atoms with Gasteiger partial charge < -0.3 is 5.32 Å². The van der Waals surface area contributed by atoms with Gasteiger partial charge in [0.05, 0.1) is 11.3 Å². The first-order valence-electron chi connectivity index (χ1n) is 5.47. The monoisotopic (exact) mass is 266 g/mol. The van der Waals surface area contributed by atoms with Crippen molar-refractivity contribution in [2.75, 3.05) is 24.7 Å². The molecule has 0 amide bonds. The van der Waals surface area contributed by atoms with Gasteiger partial charge in [0.2, 0.25) is 10.0 Å². The number of anilines is 1. The van der Waals surface area contributed by atoms with Gasteiger partial charge in [-0.1, -0.05) is 12.1 Å². The van der Waals surface area contributed by atoms with Crippen LogP contribution in [0.15, 0.2) is 30.6 Å². The van der Waals surface area contributed by atoms with Gasteiger partial charge in [-0.3, -0.25) is 0 Å². The minimum atomic E-state index is -3.20. The topological polar surface area (TPSA) is 84.0 Å². The Morgan fingerprint density at radius 3 is 2.78 bits per heavy atom. The molecule has 7 heteroatoms. The lowest BCUT2D eigenvalue weighted by atomic mass is 10.2. The molecule has 0 fully saturated rings. The molecule has 0 saturated carbocycles. The molecule has 0 aliphatic heterocycles. The quantitative estimate of drug-likeness (QED) is 0.827. The standard InChI is InChI=1S/C11H14N4O2S/c1-12-18(16,17)7-6-13-11-9-4-2-3-5-10(9)14-8-15-11/h2-5,8,12H,6-7H2,1H3,(H,13,14,15). The average Bonchev–Trinajstić information content (AvgIpc) is 2.39. The van der Waals surface area contributed by atoms with Crippen LogP contribution in [0.4, 0.5) is 5.82 Å². The van der Waals surface area contributed by atoms with Gasteiger partial charge in [-0.05, 0) is 19.2 Å². The molecule has 0 radical (unpaired) electrons. The molecule has 2 aromatic rings. The van der Waals surface area contributed by atoms with E-state index in [-0.39, 0.29) is 5.75 Å². The number of hydrogen-bond acceptors (Lipinski definition) is 5. The average molecular weight is 266 g/mol. The van der Waals surface area contributed by atoms with Crippen LogP contribution in [0.1, 0.15) is 0 Å². The molecule has 2 N–H and O–H groups in total. The Hall–Kier alpha value is -1.73. The largest absolute Gasteiger partial charge is 0.368 e. The van der Waals surface area contributed by atoms with Crippen molar-refractivity contribution in [1.29, 1.82) is 0 Å². The van der Waals surface area contributed by atoms with Crippen LogP contribution in [-0.2, 0) is 10.0 Å². The second-order valence-corrected chi connectivity index (χ2v) is 5.74. The second-order valence-electron chi connectivity index (χ2n) is 3.69. The summed E-state index contributed by atoms with van der Waals surface area (Å²) in [5.41, 5.74) is 0.825. The van der Waals surface area contributed by atoms with Crippen molar-refractivity contribution in [3.8, 4) is 0 Å². The minimum Gasteiger partial charge on any atom is -0.368 e. The number of nitrogens with zero attached hydrogens (tertiary/aromatic N) is 2. The molecule has 0 spiro atoms. The summed E-state index contributed by atoms with van der Waals surface area (Å²) in [5, 5.41) is 3.88. The van der Waals surface area contributed by atoms with E-state index in [2.05, 4.69) is 20.0 Å². The third-order valence-corrected chi connectivity index (χ3v) is 3.88. The predicted molar refractivity (Wildman–Crippen MR) is 70.9 cm³/mol. The third kappa shape index (κ3) is 2.93. The van der Waals surface area contributed by atoms with Gasteiger partial charge >= 0.3 is 0 Å². The van der Waals surface area contributed by atoms with E-state index in [1.165, 1.54) is 13.4 Å². The van der Waals surface area contributed by atoms with Crippen LogP contribution in [0.5, 0.6) is 0 Å². The van der Waals surface area contributed by atoms with Gasteiger partial charge in [0.15, 0.2) is 0 Å². The Morgan fingerprint density at radius 1 is 1.22 bits per heavy atom. The maximum atomic E-state index is 11.3. The molecule has 0 atom stereocenters. The van der Waals surface area contributed by atoms with Crippen molar-refractivity contribution in [3.63, 3.8) is 0 Å². The zero-order chi connectivity index (χ0) is 13.0. The summed E-state index contributed by atoms with van der Waals surface area (Å²) in [5.74, 6) is 0.647. The zero-order valence-corrected chi connectivity index (χ0v) is 10.7. The molecule has 0 aliphatic carbocycles. The number of benzene rings is 1. The fourth-order valence-electron chi connectivity index (χ4n) is 1.55. The highest BCUT2D eigenvalue weighted by Crippen LogP contribution is 2.17. The van der Waals surface area contributed by atoms with Crippen molar-refractivity contribution in [2.24, 2.45) is 0 Å². The number of rotatable bonds is 5. The number of fused-ring (bicyclic) bond motifs is 1. The van der Waals surface area contributed by atoms with Crippen LogP contribution in [0.2, 0.25) is 0 Å². The van der Waals surface area contributed by atoms with Crippen molar-refractivity contribution >= 4 is 26.7 Å². The molecule has 0 saturated heterocycles. The van der Waals surface area contributed by atoms with Crippen LogP contribution in [0.25, 0.3) is 10.9 Å². The molecule has 2 rings (SSSR count). The van der Waals surface area contributed by atoms with Crippen LogP contribution in [0, 0.1) is 0 Å². The van der Waals surface area contributed by atoms with E-state index in [4.69, 9.17) is 0 Å². The van der Waals surface area contributed by atoms with E-state index < -0.39 is 10.0 Å². The SMILES string of the molecule is CNS(=O)(=O)CCNc1ncnc2ccccc12. The Kier molecular flexibility index (Phi) is 3.73. The Balaban J connectivity index is 2.13. The fraction of sp³-hybridized carbons (Fsp3) is 0.273. The van der Waals surface area contributed by atoms with E-state index in [0.717, 1.165) is 10.9 Å². The summed E-state index contributed by atoms with van der Waals surface area (Å²) in [6, 6.07) is 7.56. The summed E-state index contributed by atoms with van der Waals surface area (Å²) < 4.78 is 24.8. The molecule has 96 valence electrons. The number of sulfonamides is 1. The van der Waals surface area contributed by atoms with Gasteiger partial charge in [0.1, 0.15) is 12.1 Å². The summed E-state index contributed by atoms with van der Waals surface area (Å²) in [7, 11) is -1.80. The zero-order valence-electron chi connectivity index (χ0n) is 9.92. The summed E-state index contributed by atoms with van der Waals surface area (Å²) in [6.07, 6.45) is 1.46. The highest BCUT2D eigenvalue weighted by molar-refractivity contribution is 7.89. The second kappa shape index (κ2) is 5.28. The first-order valence-corrected chi connectivity index (χ1v) is 7.12. The number of aromatic nitrogens is 2. The van der Waals surface area contributed by atoms with Crippen molar-refractivity contribution in [3.05, 3.63) is 30.6 Å². The lowest BCUT2D eigenvalue weighted by Gasteiger charge is -2.08. The van der Waals surface area contributed by atoms with Crippen molar-refractivity contribution in [1.82, 2.24) is 14.7 Å². The molecule has 1 heterocycles. The van der Waals surface area contributed by atoms with Crippen molar-refractivity contribution in [2.45, 2.75) is 0 Å². The molecule has 0 bridgehead atoms. The molecule has 18 heavy (non-hydrogen) atoms. The summed E-state index contributed by atoms with van der Waals surface area (Å²) in [6.45, 7) is 0.296. The molecule has 0 unspecified atom stereocenters. The van der Waals surface area contributed by atoms with Crippen molar-refractivity contribution < 1.29 is 8.42 Å². The first-order chi connectivity index (χ1) is 8.62. The van der Waals surface area contributed by atoms with Gasteiger partial charge in [0, 0.05) is 11.9 Å². The fourth-order valence-corrected chi connectivity index (χ4v) is 2.13. The van der Waals surface area contributed by atoms with Gasteiger partial charge in [-0.2, -0.15) is 0 Å². The van der Waals surface area contributed by atoms with Crippen LogP contribution >= 0.6 is 0 Å². The lowest BCUT2D eigenvalue weighted by molar-refractivity contribution is 0.588. The number of nitrogens with one attached hydrogen (secondary N) is 2. The van der Waals surface area contributed by atoms with Crippen LogP contribution in [0.3, 0.4) is 0 Å². The minimum absolute atomic E-state index is 0.00182. The van der Waals surface area contributed by atoms with E-state index in [1.54, 1.807) is 0 Å². The highest BCUT2D eigenvalue weighted by Gasteiger charge is 2.07. The summed E-state index contributed by atoms with van der Waals surface area (Å²) >= 11 is 0. The molecular weight excluding hydrogens is 252 g/mol. The van der Waals surface area contributed by atoms with E-state index in [1.807, 2.05) is 24.3 Å². The molecule has 0 aliphatic rings. The number of para-hydroxylation sites is 1. The predicted octanol–water partition coefficient (Wildman–Crippen LogP) is 0.591. The van der Waals surface area contributed by atoms with E-state index in [0.29, 0.717) is 12.4 Å². The van der Waals surface area contributed by atoms with E-state index in [9.17, 15) is 8.42 Å². The molecule has 1 aromatic heterocycles. The Morgan fingerprint density at radius 2 is 2.00 bits per heavy atom. The Bertz CT molecular complexity index is 637. The first kappa shape index (κ1) is 12.7. The van der Waals surface area contributed by atoms with Gasteiger partial charge in [-0.25, -0.2) is 23.1 Å². The normalized spacial score (nSPS) is 11.6. The van der Waals surface area contributed by atoms with Gasteiger partial charge in [0.25, 0.3) is 0 Å². The van der Waals surface area contributed by atoms with Gasteiger partial charge in [-0.15, -0.1) is 0 Å². The van der Waals surface area contributed by atoms with Crippen LogP contribution in [-0.4, -0.2) is 37.7 Å². The number of hydrogen-bond donors (Lipinski definition) is 2. The molecule has 1 aromatic carbocycles. The lowest BCUT2D eigenvalue weighted by Crippen LogP contribution is -2.26. The molecular formula is C11H14N4O2S. The Labute approximate surface area is 106 Å². The highest BCUT2D eigenvalue weighted by atomic mass is 32.2.